The van der Waals surface area contributed by atoms with Crippen molar-refractivity contribution in [2.75, 3.05) is 39.3 Å². The van der Waals surface area contributed by atoms with Gasteiger partial charge in [0.1, 0.15) is 0 Å². The van der Waals surface area contributed by atoms with E-state index < -0.39 is 5.92 Å². The van der Waals surface area contributed by atoms with Gasteiger partial charge in [-0.1, -0.05) is 35.7 Å². The van der Waals surface area contributed by atoms with Gasteiger partial charge in [0, 0.05) is 31.6 Å². The van der Waals surface area contributed by atoms with Crippen LogP contribution in [-0.2, 0) is 16.1 Å². The van der Waals surface area contributed by atoms with Gasteiger partial charge in [0.2, 0.25) is 17.6 Å². The van der Waals surface area contributed by atoms with E-state index in [1.807, 2.05) is 31.2 Å². The zero-order valence-corrected chi connectivity index (χ0v) is 18.9. The molecule has 0 bridgehead atoms. The molecular weight excluding hydrogens is 408 g/mol. The molecule has 1 aliphatic rings. The number of hydrogen-bond donors (Lipinski definition) is 0. The summed E-state index contributed by atoms with van der Waals surface area (Å²) >= 11 is 0. The summed E-state index contributed by atoms with van der Waals surface area (Å²) < 4.78 is 16.1. The van der Waals surface area contributed by atoms with Crippen molar-refractivity contribution in [1.82, 2.24) is 4.90 Å². The topological polar surface area (TPSA) is 68.3 Å². The van der Waals surface area contributed by atoms with Crippen LogP contribution in [0, 0.1) is 25.2 Å². The normalized spacial score (nSPS) is 15.3. The van der Waals surface area contributed by atoms with E-state index >= 15 is 0 Å². The number of ether oxygens (including phenoxy) is 3. The molecule has 1 fully saturated rings. The number of hydrogen-bond acceptors (Lipinski definition) is 5. The molecule has 1 saturated heterocycles. The molecule has 0 saturated carbocycles. The molecular formula is C25H28N2O5. The summed E-state index contributed by atoms with van der Waals surface area (Å²) in [5.41, 5.74) is 2.72. The smallest absolute Gasteiger partial charge is 0.229 e. The number of anilines is 1. The molecule has 168 valence electrons. The lowest BCUT2D eigenvalue weighted by Gasteiger charge is -2.24. The average molecular weight is 437 g/mol. The molecule has 1 atom stereocenters. The van der Waals surface area contributed by atoms with E-state index in [0.717, 1.165) is 11.1 Å². The van der Waals surface area contributed by atoms with Gasteiger partial charge in [0.25, 0.3) is 0 Å². The Labute approximate surface area is 188 Å². The van der Waals surface area contributed by atoms with Crippen LogP contribution in [0.3, 0.4) is 0 Å². The van der Waals surface area contributed by atoms with Crippen molar-refractivity contribution in [3.8, 4) is 29.6 Å². The van der Waals surface area contributed by atoms with Gasteiger partial charge in [-0.2, -0.15) is 0 Å². The Kier molecular flexibility index (Phi) is 7.26. The number of carbonyl (C=O) groups excluding carboxylic acids is 2. The molecule has 3 rings (SSSR count). The predicted molar refractivity (Wildman–Crippen MR) is 122 cm³/mol. The lowest BCUT2D eigenvalue weighted by atomic mass is 10.1. The zero-order valence-electron chi connectivity index (χ0n) is 18.9. The number of carbonyl (C=O) groups is 2. The maximum atomic E-state index is 13.3. The van der Waals surface area contributed by atoms with Gasteiger partial charge in [0.15, 0.2) is 11.5 Å². The van der Waals surface area contributed by atoms with Crippen molar-refractivity contribution in [2.45, 2.75) is 19.9 Å². The molecule has 1 heterocycles. The quantitative estimate of drug-likeness (QED) is 0.595. The number of benzene rings is 2. The van der Waals surface area contributed by atoms with Gasteiger partial charge in [-0.3, -0.25) is 9.59 Å². The molecule has 7 heteroatoms. The SMILES string of the molecule is C#CCN(Cc1ccc(C)cc1)C(=O)C1CC(=O)N(c2cc(OC)c(OC)c(OC)c2)C1. The summed E-state index contributed by atoms with van der Waals surface area (Å²) in [5.74, 6) is 3.12. The van der Waals surface area contributed by atoms with Gasteiger partial charge in [-0.05, 0) is 12.5 Å². The molecule has 7 nitrogen and oxygen atoms in total. The molecule has 0 radical (unpaired) electrons. The Balaban J connectivity index is 1.81. The van der Waals surface area contributed by atoms with Crippen LogP contribution in [0.1, 0.15) is 17.5 Å². The van der Waals surface area contributed by atoms with Crippen molar-refractivity contribution in [3.05, 3.63) is 47.5 Å². The highest BCUT2D eigenvalue weighted by molar-refractivity contribution is 6.00. The molecule has 32 heavy (non-hydrogen) atoms. The van der Waals surface area contributed by atoms with Crippen LogP contribution in [0.25, 0.3) is 0 Å². The first-order chi connectivity index (χ1) is 15.4. The fraction of sp³-hybridized carbons (Fsp3) is 0.360. The highest BCUT2D eigenvalue weighted by Gasteiger charge is 2.37. The second kappa shape index (κ2) is 10.1. The summed E-state index contributed by atoms with van der Waals surface area (Å²) in [4.78, 5) is 29.3. The van der Waals surface area contributed by atoms with Crippen molar-refractivity contribution in [3.63, 3.8) is 0 Å². The Morgan fingerprint density at radius 1 is 1.12 bits per heavy atom. The molecule has 1 unspecified atom stereocenters. The first kappa shape index (κ1) is 23.0. The number of terminal acetylenes is 1. The fourth-order valence-electron chi connectivity index (χ4n) is 3.84. The third kappa shape index (κ3) is 4.80. The lowest BCUT2D eigenvalue weighted by molar-refractivity contribution is -0.135. The van der Waals surface area contributed by atoms with E-state index in [2.05, 4.69) is 5.92 Å². The Hall–Kier alpha value is -3.66. The van der Waals surface area contributed by atoms with Crippen molar-refractivity contribution >= 4 is 17.5 Å². The minimum Gasteiger partial charge on any atom is -0.493 e. The molecule has 1 aliphatic heterocycles. The Morgan fingerprint density at radius 3 is 2.28 bits per heavy atom. The van der Waals surface area contributed by atoms with Crippen molar-refractivity contribution < 1.29 is 23.8 Å². The standard InChI is InChI=1S/C25H28N2O5/c1-6-11-26(15-18-9-7-17(2)8-10-18)25(29)19-12-23(28)27(16-19)20-13-21(30-3)24(32-5)22(14-20)31-4/h1,7-10,13-14,19H,11-12,15-16H2,2-5H3. The number of nitrogens with zero attached hydrogens (tertiary/aromatic N) is 2. The van der Waals surface area contributed by atoms with Crippen LogP contribution >= 0.6 is 0 Å². The highest BCUT2D eigenvalue weighted by Crippen LogP contribution is 2.42. The minimum atomic E-state index is -0.486. The molecule has 0 aliphatic carbocycles. The first-order valence-electron chi connectivity index (χ1n) is 10.3. The second-order valence-electron chi connectivity index (χ2n) is 7.67. The Morgan fingerprint density at radius 2 is 1.75 bits per heavy atom. The van der Waals surface area contributed by atoms with Crippen molar-refractivity contribution in [1.29, 1.82) is 0 Å². The van der Waals surface area contributed by atoms with Gasteiger partial charge in [-0.15, -0.1) is 6.42 Å². The van der Waals surface area contributed by atoms with Gasteiger partial charge in [-0.25, -0.2) is 0 Å². The number of methoxy groups -OCH3 is 3. The summed E-state index contributed by atoms with van der Waals surface area (Å²) in [7, 11) is 4.55. The predicted octanol–water partition coefficient (Wildman–Crippen LogP) is 3.04. The molecule has 2 amide bonds. The third-order valence-corrected chi connectivity index (χ3v) is 5.52. The highest BCUT2D eigenvalue weighted by atomic mass is 16.5. The van der Waals surface area contributed by atoms with Crippen LogP contribution in [0.5, 0.6) is 17.2 Å². The largest absolute Gasteiger partial charge is 0.493 e. The summed E-state index contributed by atoms with van der Waals surface area (Å²) in [6, 6.07) is 11.4. The van der Waals surface area contributed by atoms with Crippen LogP contribution in [0.15, 0.2) is 36.4 Å². The summed E-state index contributed by atoms with van der Waals surface area (Å²) in [6.07, 6.45) is 5.64. The summed E-state index contributed by atoms with van der Waals surface area (Å²) in [6.45, 7) is 2.85. The maximum Gasteiger partial charge on any atom is 0.229 e. The van der Waals surface area contributed by atoms with E-state index in [1.54, 1.807) is 21.9 Å². The number of amides is 2. The molecule has 0 aromatic heterocycles. The first-order valence-corrected chi connectivity index (χ1v) is 10.3. The zero-order chi connectivity index (χ0) is 23.3. The number of aryl methyl sites for hydroxylation is 1. The summed E-state index contributed by atoms with van der Waals surface area (Å²) in [5, 5.41) is 0. The van der Waals surface area contributed by atoms with Crippen LogP contribution in [0.2, 0.25) is 0 Å². The van der Waals surface area contributed by atoms with E-state index in [0.29, 0.717) is 29.5 Å². The van der Waals surface area contributed by atoms with Gasteiger partial charge < -0.3 is 24.0 Å². The van der Waals surface area contributed by atoms with Crippen LogP contribution < -0.4 is 19.1 Å². The minimum absolute atomic E-state index is 0.116. The number of rotatable bonds is 8. The van der Waals surface area contributed by atoms with E-state index in [9.17, 15) is 9.59 Å². The monoisotopic (exact) mass is 436 g/mol. The van der Waals surface area contributed by atoms with E-state index in [-0.39, 0.29) is 31.3 Å². The fourth-order valence-corrected chi connectivity index (χ4v) is 3.84. The molecule has 2 aromatic rings. The van der Waals surface area contributed by atoms with E-state index in [1.165, 1.54) is 21.3 Å². The van der Waals surface area contributed by atoms with Gasteiger partial charge in [0.05, 0.1) is 39.5 Å². The third-order valence-electron chi connectivity index (χ3n) is 5.52. The second-order valence-corrected chi connectivity index (χ2v) is 7.67. The molecule has 2 aromatic carbocycles. The molecule has 0 N–H and O–H groups in total. The molecule has 0 spiro atoms. The maximum absolute atomic E-state index is 13.3. The lowest BCUT2D eigenvalue weighted by Crippen LogP contribution is -2.37. The van der Waals surface area contributed by atoms with E-state index in [4.69, 9.17) is 20.6 Å². The average Bonchev–Trinajstić information content (AvgIpc) is 3.20. The Bertz CT molecular complexity index is 1000. The van der Waals surface area contributed by atoms with Crippen molar-refractivity contribution in [2.24, 2.45) is 5.92 Å². The van der Waals surface area contributed by atoms with Gasteiger partial charge >= 0.3 is 0 Å². The van der Waals surface area contributed by atoms with Crippen LogP contribution in [0.4, 0.5) is 5.69 Å². The van der Waals surface area contributed by atoms with Crippen LogP contribution in [-0.4, -0.2) is 51.1 Å².